The molecule has 1 aliphatic rings. The van der Waals surface area contributed by atoms with Crippen LogP contribution in [0.3, 0.4) is 0 Å². The van der Waals surface area contributed by atoms with Gasteiger partial charge in [0.05, 0.1) is 24.7 Å². The van der Waals surface area contributed by atoms with Crippen molar-refractivity contribution >= 4 is 22.7 Å². The summed E-state index contributed by atoms with van der Waals surface area (Å²) in [6, 6.07) is 28.3. The predicted molar refractivity (Wildman–Crippen MR) is 145 cm³/mol. The summed E-state index contributed by atoms with van der Waals surface area (Å²) in [5.74, 6) is -0.752. The summed E-state index contributed by atoms with van der Waals surface area (Å²) in [5.41, 5.74) is 5.17. The average molecular weight is 512 g/mol. The maximum Gasteiger partial charge on any atom is 0.270 e. The molecule has 0 fully saturated rings. The lowest BCUT2D eigenvalue weighted by Gasteiger charge is -2.18. The molecule has 38 heavy (non-hydrogen) atoms. The van der Waals surface area contributed by atoms with Gasteiger partial charge in [0.2, 0.25) is 5.95 Å². The van der Waals surface area contributed by atoms with E-state index in [1.165, 1.54) is 11.6 Å². The average Bonchev–Trinajstić information content (AvgIpc) is 3.50. The number of nitrogens with zero attached hydrogens (tertiary/aromatic N) is 2. The van der Waals surface area contributed by atoms with E-state index in [1.807, 2.05) is 65.2 Å². The van der Waals surface area contributed by atoms with Crippen molar-refractivity contribution < 1.29 is 18.3 Å². The van der Waals surface area contributed by atoms with Crippen LogP contribution in [0.15, 0.2) is 91.0 Å². The highest BCUT2D eigenvalue weighted by Gasteiger charge is 2.28. The van der Waals surface area contributed by atoms with Crippen molar-refractivity contribution in [2.45, 2.75) is 31.9 Å². The van der Waals surface area contributed by atoms with Crippen LogP contribution in [0, 0.1) is 0 Å². The van der Waals surface area contributed by atoms with Gasteiger partial charge in [-0.1, -0.05) is 48.5 Å². The van der Waals surface area contributed by atoms with E-state index in [1.54, 1.807) is 25.3 Å². The van der Waals surface area contributed by atoms with Crippen LogP contribution in [0.1, 0.15) is 35.3 Å². The van der Waals surface area contributed by atoms with E-state index in [0.29, 0.717) is 11.5 Å². The van der Waals surface area contributed by atoms with Crippen LogP contribution in [0.25, 0.3) is 11.0 Å². The standard InChI is InChI=1S/C31H27F2N3O2/c1-31(32,33)25-9-5-3-8-22(25)19-36-27-16-11-21(29-18-20-7-4-6-10-28(20)38-29)17-26(27)35-30(36)34-23-12-14-24(37-2)15-13-23/h3-17,29H,18-19H2,1-2H3,(H,34,35). The van der Waals surface area contributed by atoms with Crippen molar-refractivity contribution in [1.29, 1.82) is 0 Å². The van der Waals surface area contributed by atoms with Gasteiger partial charge < -0.3 is 19.4 Å². The molecule has 0 bridgehead atoms. The van der Waals surface area contributed by atoms with Crippen molar-refractivity contribution in [3.05, 3.63) is 113 Å². The Morgan fingerprint density at radius 1 is 1.00 bits per heavy atom. The second kappa shape index (κ2) is 9.49. The Morgan fingerprint density at radius 3 is 2.53 bits per heavy atom. The molecule has 1 unspecified atom stereocenters. The van der Waals surface area contributed by atoms with Gasteiger partial charge in [-0.2, -0.15) is 0 Å². The first-order valence-electron chi connectivity index (χ1n) is 12.5. The third-order valence-electron chi connectivity index (χ3n) is 6.96. The number of alkyl halides is 2. The fourth-order valence-corrected chi connectivity index (χ4v) is 5.03. The topological polar surface area (TPSA) is 48.3 Å². The molecular weight excluding hydrogens is 484 g/mol. The molecule has 6 rings (SSSR count). The van der Waals surface area contributed by atoms with Crippen LogP contribution in [-0.2, 0) is 18.9 Å². The third-order valence-corrected chi connectivity index (χ3v) is 6.96. The van der Waals surface area contributed by atoms with Crippen molar-refractivity contribution in [1.82, 2.24) is 9.55 Å². The van der Waals surface area contributed by atoms with Crippen LogP contribution in [0.5, 0.6) is 11.5 Å². The molecule has 5 nitrogen and oxygen atoms in total. The molecule has 7 heteroatoms. The smallest absolute Gasteiger partial charge is 0.270 e. The molecule has 1 aromatic heterocycles. The summed E-state index contributed by atoms with van der Waals surface area (Å²) in [5, 5.41) is 3.37. The second-order valence-electron chi connectivity index (χ2n) is 9.59. The van der Waals surface area contributed by atoms with Gasteiger partial charge in [-0.3, -0.25) is 0 Å². The van der Waals surface area contributed by atoms with Crippen molar-refractivity contribution in [3.63, 3.8) is 0 Å². The number of fused-ring (bicyclic) bond motifs is 2. The Labute approximate surface area is 219 Å². The lowest BCUT2D eigenvalue weighted by Crippen LogP contribution is -2.14. The first-order valence-corrected chi connectivity index (χ1v) is 12.5. The molecule has 0 aliphatic carbocycles. The van der Waals surface area contributed by atoms with E-state index in [-0.39, 0.29) is 18.2 Å². The predicted octanol–water partition coefficient (Wildman–Crippen LogP) is 7.62. The van der Waals surface area contributed by atoms with Crippen LogP contribution in [0.4, 0.5) is 20.4 Å². The molecule has 2 heterocycles. The lowest BCUT2D eigenvalue weighted by atomic mass is 10.0. The fraction of sp³-hybridized carbons (Fsp3) is 0.194. The molecule has 5 aromatic rings. The molecule has 0 saturated heterocycles. The minimum Gasteiger partial charge on any atom is -0.497 e. The number of anilines is 2. The van der Waals surface area contributed by atoms with Gasteiger partial charge in [-0.05, 0) is 59.2 Å². The summed E-state index contributed by atoms with van der Waals surface area (Å²) in [6.07, 6.45) is 0.692. The number of methoxy groups -OCH3 is 1. The van der Waals surface area contributed by atoms with Gasteiger partial charge >= 0.3 is 0 Å². The van der Waals surface area contributed by atoms with Crippen molar-refractivity contribution in [3.8, 4) is 11.5 Å². The fourth-order valence-electron chi connectivity index (χ4n) is 5.03. The normalized spacial score (nSPS) is 14.8. The number of halogens is 2. The number of hydrogen-bond donors (Lipinski definition) is 1. The van der Waals surface area contributed by atoms with Gasteiger partial charge in [-0.15, -0.1) is 0 Å². The van der Waals surface area contributed by atoms with Crippen molar-refractivity contribution in [2.24, 2.45) is 0 Å². The number of ether oxygens (including phenoxy) is 2. The molecule has 0 spiro atoms. The van der Waals surface area contributed by atoms with E-state index in [9.17, 15) is 8.78 Å². The highest BCUT2D eigenvalue weighted by molar-refractivity contribution is 5.81. The highest BCUT2D eigenvalue weighted by atomic mass is 19.3. The summed E-state index contributed by atoms with van der Waals surface area (Å²) < 4.78 is 42.3. The molecule has 0 saturated carbocycles. The molecule has 0 radical (unpaired) electrons. The first-order chi connectivity index (χ1) is 18.4. The molecular formula is C31H27F2N3O2. The van der Waals surface area contributed by atoms with E-state index < -0.39 is 5.92 Å². The zero-order valence-corrected chi connectivity index (χ0v) is 21.1. The first kappa shape index (κ1) is 24.0. The maximum absolute atomic E-state index is 14.4. The van der Waals surface area contributed by atoms with Gasteiger partial charge in [0, 0.05) is 24.6 Å². The summed E-state index contributed by atoms with van der Waals surface area (Å²) in [6.45, 7) is 1.17. The summed E-state index contributed by atoms with van der Waals surface area (Å²) in [7, 11) is 1.62. The molecule has 1 aliphatic heterocycles. The minimum atomic E-state index is -2.96. The van der Waals surface area contributed by atoms with Gasteiger partial charge in [0.15, 0.2) is 0 Å². The quantitative estimate of drug-likeness (QED) is 0.244. The number of para-hydroxylation sites is 1. The Kier molecular flexibility index (Phi) is 5.98. The monoisotopic (exact) mass is 511 g/mol. The Balaban J connectivity index is 1.40. The molecule has 1 N–H and O–H groups in total. The largest absolute Gasteiger partial charge is 0.497 e. The number of benzene rings is 4. The van der Waals surface area contributed by atoms with Gasteiger partial charge in [0.25, 0.3) is 5.92 Å². The minimum absolute atomic E-state index is 0.00554. The molecule has 1 atom stereocenters. The SMILES string of the molecule is COc1ccc(Nc2nc3cc(C4Cc5ccccc5O4)ccc3n2Cc2ccccc2C(C)(F)F)cc1. The van der Waals surface area contributed by atoms with Gasteiger partial charge in [-0.25, -0.2) is 13.8 Å². The van der Waals surface area contributed by atoms with Crippen LogP contribution in [-0.4, -0.2) is 16.7 Å². The van der Waals surface area contributed by atoms with E-state index >= 15 is 0 Å². The van der Waals surface area contributed by atoms with Crippen LogP contribution in [0.2, 0.25) is 0 Å². The molecule has 192 valence electrons. The number of nitrogens with one attached hydrogen (secondary N) is 1. The number of hydrogen-bond acceptors (Lipinski definition) is 4. The number of aromatic nitrogens is 2. The van der Waals surface area contributed by atoms with E-state index in [0.717, 1.165) is 47.1 Å². The number of imidazole rings is 1. The Hall–Kier alpha value is -4.39. The van der Waals surface area contributed by atoms with Crippen LogP contribution < -0.4 is 14.8 Å². The Bertz CT molecular complexity index is 1580. The maximum atomic E-state index is 14.4. The second-order valence-corrected chi connectivity index (χ2v) is 9.59. The molecule has 0 amide bonds. The molecule has 4 aromatic carbocycles. The zero-order valence-electron chi connectivity index (χ0n) is 21.1. The van der Waals surface area contributed by atoms with Gasteiger partial charge in [0.1, 0.15) is 17.6 Å². The lowest BCUT2D eigenvalue weighted by molar-refractivity contribution is 0.0165. The van der Waals surface area contributed by atoms with Crippen molar-refractivity contribution in [2.75, 3.05) is 12.4 Å². The summed E-state index contributed by atoms with van der Waals surface area (Å²) in [4.78, 5) is 4.90. The summed E-state index contributed by atoms with van der Waals surface area (Å²) >= 11 is 0. The van der Waals surface area contributed by atoms with E-state index in [4.69, 9.17) is 14.5 Å². The van der Waals surface area contributed by atoms with Crippen LogP contribution >= 0.6 is 0 Å². The zero-order chi connectivity index (χ0) is 26.3. The third kappa shape index (κ3) is 4.56. The Morgan fingerprint density at radius 2 is 1.76 bits per heavy atom. The highest BCUT2D eigenvalue weighted by Crippen LogP contribution is 2.38. The number of rotatable bonds is 7. The van der Waals surface area contributed by atoms with E-state index in [2.05, 4.69) is 11.4 Å².